The summed E-state index contributed by atoms with van der Waals surface area (Å²) in [7, 11) is 2.71. The van der Waals surface area contributed by atoms with E-state index in [2.05, 4.69) is 61.5 Å². The second-order valence-electron chi connectivity index (χ2n) is 24.3. The number of carboxylic acid groups (broad SMARTS) is 1. The predicted octanol–water partition coefficient (Wildman–Crippen LogP) is 23.1. The Hall–Kier alpha value is -12.8. The van der Waals surface area contributed by atoms with E-state index in [1.807, 2.05) is 202 Å². The Labute approximate surface area is 736 Å². The van der Waals surface area contributed by atoms with Gasteiger partial charge in [-0.2, -0.15) is 0 Å². The minimum atomic E-state index is -1.17. The van der Waals surface area contributed by atoms with Crippen molar-refractivity contribution >= 4 is 80.2 Å². The van der Waals surface area contributed by atoms with E-state index in [4.69, 9.17) is 70.8 Å². The molecule has 0 aliphatic carbocycles. The third-order valence-corrected chi connectivity index (χ3v) is 18.3. The van der Waals surface area contributed by atoms with Crippen LogP contribution in [0.25, 0.3) is 45.6 Å². The lowest BCUT2D eigenvalue weighted by Crippen LogP contribution is -2.20. The second kappa shape index (κ2) is 52.9. The molecule has 0 radical (unpaired) electrons. The van der Waals surface area contributed by atoms with Crippen LogP contribution < -0.4 is 15.2 Å². The summed E-state index contributed by atoms with van der Waals surface area (Å²) in [6.07, 6.45) is 4.01. The summed E-state index contributed by atoms with van der Waals surface area (Å²) in [6, 6.07) is 86.9. The summed E-state index contributed by atoms with van der Waals surface area (Å²) in [6.45, 7) is 2.40. The number of rotatable bonds is 21. The van der Waals surface area contributed by atoms with Crippen molar-refractivity contribution in [3.05, 3.63) is 370 Å². The summed E-state index contributed by atoms with van der Waals surface area (Å²) >= 11 is 27.5. The standard InChI is InChI=1S/C24H20ClN3O3.C23H18ClN3O3.C15H12ClN3O.C9H9BrO2.C8H5ClN2O2.C7H9N.7CH4/c1-30-24(29)22(18-10-6-3-7-11-18)31-21-13-12-19(25)14-20(21)23-27-26-16-28(23)15-17-8-4-2-5-9-17;24-18-11-12-20(30-21(23(28)29)17-9-5-2-6-10-17)19(13-18)22-26-25-15-27(22)14-16-7-3-1-4-8-16;16-12-6-7-14(20)13(8-12)15-18-17-10-19(15)9-11-4-2-1-3-5-11;1-12-9(11)8(10)7-5-3-2-4-6-7;9-5-1-2-7(12)6(3-5)8-11-10-4-13-8;8-6-7-4-2-1-3-5-7;;;;;;;/h2-14,16,22H,15H2,1H3;1-13,15,21H,14H2,(H,28,29);1-8,10,20H,9H2;2-6,8H,1H3;1-4,12H;1-5H,6,8H2;7*1H4. The van der Waals surface area contributed by atoms with Crippen LogP contribution in [-0.4, -0.2) is 102 Å². The van der Waals surface area contributed by atoms with Crippen molar-refractivity contribution in [1.82, 2.24) is 54.5 Å². The van der Waals surface area contributed by atoms with E-state index in [1.54, 1.807) is 110 Å². The van der Waals surface area contributed by atoms with Crippen LogP contribution in [0.3, 0.4) is 0 Å². The van der Waals surface area contributed by atoms with Gasteiger partial charge in [0, 0.05) is 37.8 Å². The van der Waals surface area contributed by atoms with Crippen molar-refractivity contribution in [3.8, 4) is 68.6 Å². The van der Waals surface area contributed by atoms with Crippen LogP contribution >= 0.6 is 62.3 Å². The zero-order valence-electron chi connectivity index (χ0n) is 61.0. The van der Waals surface area contributed by atoms with Crippen LogP contribution in [0.2, 0.25) is 20.1 Å². The smallest absolute Gasteiger partial charge is 0.351 e. The molecule has 0 aliphatic rings. The summed E-state index contributed by atoms with van der Waals surface area (Å²) in [5.41, 5.74) is 14.2. The highest BCUT2D eigenvalue weighted by Gasteiger charge is 2.28. The molecule has 11 aromatic carbocycles. The lowest BCUT2D eigenvalue weighted by Gasteiger charge is -2.19. The Balaban J connectivity index is 0.000000390. The van der Waals surface area contributed by atoms with Crippen LogP contribution in [0.1, 0.15) is 108 Å². The van der Waals surface area contributed by atoms with Crippen LogP contribution in [0, 0.1) is 0 Å². The van der Waals surface area contributed by atoms with Gasteiger partial charge in [0.15, 0.2) is 17.5 Å². The number of aromatic nitrogens is 11. The Kier molecular flexibility index (Phi) is 44.7. The molecule has 3 atom stereocenters. The molecule has 0 fully saturated rings. The van der Waals surface area contributed by atoms with Crippen molar-refractivity contribution in [2.24, 2.45) is 5.73 Å². The van der Waals surface area contributed by atoms with E-state index in [0.717, 1.165) is 22.3 Å². The van der Waals surface area contributed by atoms with Gasteiger partial charge in [0.1, 0.15) is 46.8 Å². The van der Waals surface area contributed by atoms with Gasteiger partial charge in [-0.25, -0.2) is 9.59 Å². The van der Waals surface area contributed by atoms with E-state index in [1.165, 1.54) is 32.2 Å². The van der Waals surface area contributed by atoms with Crippen molar-refractivity contribution in [2.75, 3.05) is 14.2 Å². The van der Waals surface area contributed by atoms with E-state index < -0.39 is 24.1 Å². The topological polar surface area (TPSA) is 306 Å². The Morgan fingerprint density at radius 1 is 0.397 bits per heavy atom. The molecule has 121 heavy (non-hydrogen) atoms. The molecule has 23 nitrogen and oxygen atoms in total. The zero-order chi connectivity index (χ0) is 80.6. The Morgan fingerprint density at radius 2 is 0.711 bits per heavy atom. The molecule has 0 saturated heterocycles. The molecular weight excluding hydrogens is 1680 g/mol. The largest absolute Gasteiger partial charge is 0.507 e. The average molecular weight is 1780 g/mol. The summed E-state index contributed by atoms with van der Waals surface area (Å²) < 4.78 is 32.2. The maximum Gasteiger partial charge on any atom is 0.351 e. The van der Waals surface area contributed by atoms with Gasteiger partial charge in [0.25, 0.3) is 5.89 Å². The number of carbonyl (C=O) groups is 3. The third-order valence-electron chi connectivity index (χ3n) is 16.5. The van der Waals surface area contributed by atoms with Gasteiger partial charge in [-0.15, -0.1) is 40.8 Å². The molecule has 0 amide bonds. The molecule has 3 unspecified atom stereocenters. The van der Waals surface area contributed by atoms with E-state index >= 15 is 0 Å². The predicted molar refractivity (Wildman–Crippen MR) is 487 cm³/mol. The summed E-state index contributed by atoms with van der Waals surface area (Å²) in [5, 5.41) is 63.0. The van der Waals surface area contributed by atoms with E-state index in [-0.39, 0.29) is 80.2 Å². The summed E-state index contributed by atoms with van der Waals surface area (Å²) in [5.74, 6) is 1.10. The monoisotopic (exact) mass is 1780 g/mol. The third kappa shape index (κ3) is 30.2. The number of phenolic OH excluding ortho intramolecular Hbond substituents is 2. The first-order valence-electron chi connectivity index (χ1n) is 34.8. The van der Waals surface area contributed by atoms with Crippen molar-refractivity contribution in [1.29, 1.82) is 0 Å². The zero-order valence-corrected chi connectivity index (χ0v) is 65.6. The maximum atomic E-state index is 12.5. The van der Waals surface area contributed by atoms with E-state index in [0.29, 0.717) is 109 Å². The number of ether oxygens (including phenoxy) is 4. The highest BCUT2D eigenvalue weighted by atomic mass is 79.9. The molecule has 0 bridgehead atoms. The lowest BCUT2D eigenvalue weighted by molar-refractivity contribution is -0.149. The first-order chi connectivity index (χ1) is 55.5. The number of methoxy groups -OCH3 is 2. The highest BCUT2D eigenvalue weighted by molar-refractivity contribution is 9.09. The molecule has 634 valence electrons. The van der Waals surface area contributed by atoms with Crippen LogP contribution in [0.15, 0.2) is 315 Å². The van der Waals surface area contributed by atoms with Crippen LogP contribution in [-0.2, 0) is 50.0 Å². The minimum Gasteiger partial charge on any atom is -0.507 e. The molecule has 0 spiro atoms. The molecule has 5 N–H and O–H groups in total. The Bertz CT molecular complexity index is 5480. The molecular formula is C93H101BrCl4N12O11. The number of halogens is 5. The quantitative estimate of drug-likeness (QED) is 0.0384. The second-order valence-corrected chi connectivity index (χ2v) is 27.0. The number of benzene rings is 11. The SMILES string of the molecule is C.C.C.C.C.C.C.COC(=O)C(Br)c1ccccc1.COC(=O)C(Oc1ccc(Cl)cc1-c1nncn1Cc1ccccc1)c1ccccc1.NCc1ccccc1.O=C(O)C(Oc1ccc(Cl)cc1-c1nncn1Cc1ccccc1)c1ccccc1.Oc1ccc(Cl)cc1-c1nncn1Cc1ccccc1.Oc1ccc(Cl)cc1-c1nnco1. The van der Waals surface area contributed by atoms with Gasteiger partial charge in [0.2, 0.25) is 18.6 Å². The first kappa shape index (κ1) is 102. The lowest BCUT2D eigenvalue weighted by atomic mass is 10.1. The van der Waals surface area contributed by atoms with Crippen molar-refractivity contribution < 1.29 is 53.1 Å². The number of aliphatic carboxylic acids is 1. The fourth-order valence-electron chi connectivity index (χ4n) is 10.9. The van der Waals surface area contributed by atoms with Crippen molar-refractivity contribution in [2.45, 2.75) is 95.2 Å². The number of phenols is 2. The number of aromatic hydroxyl groups is 2. The van der Waals surface area contributed by atoms with Gasteiger partial charge in [0.05, 0.1) is 56.1 Å². The first-order valence-corrected chi connectivity index (χ1v) is 37.2. The fourth-order valence-corrected chi connectivity index (χ4v) is 12.1. The number of esters is 2. The molecule has 0 aliphatic heterocycles. The number of alkyl halides is 1. The van der Waals surface area contributed by atoms with Crippen LogP contribution in [0.4, 0.5) is 0 Å². The van der Waals surface area contributed by atoms with E-state index in [9.17, 15) is 29.7 Å². The normalized spacial score (nSPS) is 10.6. The molecule has 28 heteroatoms. The molecule has 15 rings (SSSR count). The van der Waals surface area contributed by atoms with Gasteiger partial charge >= 0.3 is 17.9 Å². The number of carbonyl (C=O) groups excluding carboxylic acids is 2. The fraction of sp³-hybridized carbons (Fsp3) is 0.172. The molecule has 0 saturated carbocycles. The number of nitrogens with two attached hydrogens (primary N) is 1. The maximum absolute atomic E-state index is 12.5. The Morgan fingerprint density at radius 3 is 1.06 bits per heavy atom. The molecule has 4 heterocycles. The number of nitrogens with zero attached hydrogens (tertiary/aromatic N) is 11. The molecule has 15 aromatic rings. The number of carboxylic acids is 1. The van der Waals surface area contributed by atoms with Gasteiger partial charge in [-0.3, -0.25) is 4.79 Å². The average Bonchev–Trinajstić information content (AvgIpc) is 1.79. The highest BCUT2D eigenvalue weighted by Crippen LogP contribution is 2.38. The number of hydrogen-bond donors (Lipinski definition) is 4. The van der Waals surface area contributed by atoms with Crippen molar-refractivity contribution in [3.63, 3.8) is 0 Å². The minimum absolute atomic E-state index is 0. The summed E-state index contributed by atoms with van der Waals surface area (Å²) in [4.78, 5) is 35.1. The molecule has 4 aromatic heterocycles. The number of hydrogen-bond acceptors (Lipinski definition) is 19. The van der Waals surface area contributed by atoms with Crippen LogP contribution in [0.5, 0.6) is 23.0 Å². The van der Waals surface area contributed by atoms with Gasteiger partial charge < -0.3 is 58.1 Å². The van der Waals surface area contributed by atoms with Gasteiger partial charge in [-0.1, -0.05) is 327 Å². The van der Waals surface area contributed by atoms with Gasteiger partial charge in [-0.05, 0) is 101 Å².